The quantitative estimate of drug-likeness (QED) is 0.0911. The lowest BCUT2D eigenvalue weighted by atomic mass is 9.82. The monoisotopic (exact) mass is 964 g/mol. The molecular formula is C53H60N2O15. The molecule has 0 spiro atoms. The Bertz CT molecular complexity index is 2830. The van der Waals surface area contributed by atoms with Crippen molar-refractivity contribution in [2.45, 2.75) is 124 Å². The number of aliphatic hydroxyl groups excluding tert-OH is 4. The van der Waals surface area contributed by atoms with Crippen LogP contribution in [0.1, 0.15) is 72.1 Å². The molecule has 5 heterocycles. The number of hydrogen-bond donors (Lipinski definition) is 6. The number of hydrogen-bond acceptors (Lipinski definition) is 15. The van der Waals surface area contributed by atoms with Gasteiger partial charge >= 0.3 is 11.3 Å². The normalized spacial score (nSPS) is 24.0. The largest absolute Gasteiger partial charge is 0.488 e. The van der Waals surface area contributed by atoms with Crippen LogP contribution in [-0.4, -0.2) is 80.4 Å². The zero-order chi connectivity index (χ0) is 51.0. The van der Waals surface area contributed by atoms with Gasteiger partial charge in [0.15, 0.2) is 0 Å². The minimum atomic E-state index is -1.23. The lowest BCUT2D eigenvalue weighted by Crippen LogP contribution is -2.59. The van der Waals surface area contributed by atoms with Crippen LogP contribution in [-0.2, 0) is 25.7 Å². The van der Waals surface area contributed by atoms with Gasteiger partial charge in [0, 0.05) is 53.1 Å². The lowest BCUT2D eigenvalue weighted by molar-refractivity contribution is -0.285. The summed E-state index contributed by atoms with van der Waals surface area (Å²) in [6.45, 7) is 17.6. The van der Waals surface area contributed by atoms with Gasteiger partial charge in [-0.1, -0.05) is 56.3 Å². The van der Waals surface area contributed by atoms with E-state index in [9.17, 15) is 39.6 Å². The fraction of sp³-hybridized carbons (Fsp3) is 0.396. The third kappa shape index (κ3) is 10.7. The summed E-state index contributed by atoms with van der Waals surface area (Å²) >= 11 is 0. The molecule has 3 aliphatic rings. The summed E-state index contributed by atoms with van der Waals surface area (Å²) < 4.78 is 39.7. The van der Waals surface area contributed by atoms with Crippen molar-refractivity contribution in [3.05, 3.63) is 122 Å². The van der Waals surface area contributed by atoms with Gasteiger partial charge in [-0.2, -0.15) is 0 Å². The third-order valence-corrected chi connectivity index (χ3v) is 13.2. The number of rotatable bonds is 6. The highest BCUT2D eigenvalue weighted by atomic mass is 16.7. The van der Waals surface area contributed by atoms with Crippen LogP contribution >= 0.6 is 0 Å². The van der Waals surface area contributed by atoms with Crippen LogP contribution in [0.15, 0.2) is 103 Å². The molecule has 2 amide bonds. The SMILES string of the molecule is CC(=O)Nc1cc2ccc(OC3OC(C)(C)[C@H](C)[C@H](O)[C@@H]3O)c(C)c2oc1=O.CC(=O)Nc1cc2ccc(OC3OC(C)(C)[C@H](C)[C@H](O)[C@@H]3O)c(C)c2oc1=O.c1ccc2c(c1)COc1ccccc1-2. The van der Waals surface area contributed by atoms with Crippen molar-refractivity contribution in [3.63, 3.8) is 0 Å². The molecule has 6 aromatic rings. The van der Waals surface area contributed by atoms with E-state index in [0.29, 0.717) is 51.2 Å². The number of benzene rings is 4. The molecule has 6 N–H and O–H groups in total. The Hall–Kier alpha value is -6.60. The van der Waals surface area contributed by atoms with Crippen LogP contribution in [0.4, 0.5) is 11.4 Å². The molecule has 0 aliphatic carbocycles. The summed E-state index contributed by atoms with van der Waals surface area (Å²) in [4.78, 5) is 46.7. The topological polar surface area (TPSA) is 246 Å². The molecule has 17 heteroatoms. The second-order valence-corrected chi connectivity index (χ2v) is 18.9. The number of fused-ring (bicyclic) bond motifs is 5. The van der Waals surface area contributed by atoms with Gasteiger partial charge in [0.2, 0.25) is 24.4 Å². The second kappa shape index (κ2) is 20.4. The number of para-hydroxylation sites is 1. The first kappa shape index (κ1) is 51.3. The lowest BCUT2D eigenvalue weighted by Gasteiger charge is -2.46. The van der Waals surface area contributed by atoms with E-state index in [2.05, 4.69) is 41.0 Å². The Balaban J connectivity index is 0.000000163. The Morgan fingerprint density at radius 2 is 1.01 bits per heavy atom. The summed E-state index contributed by atoms with van der Waals surface area (Å²) in [5, 5.41) is 47.4. The summed E-state index contributed by atoms with van der Waals surface area (Å²) in [5.41, 5.74) is 2.79. The molecule has 0 radical (unpaired) electrons. The van der Waals surface area contributed by atoms with E-state index >= 15 is 0 Å². The highest BCUT2D eigenvalue weighted by Gasteiger charge is 2.49. The number of carbonyl (C=O) groups excluding carboxylic acids is 2. The van der Waals surface area contributed by atoms with Gasteiger partial charge in [-0.25, -0.2) is 9.59 Å². The Morgan fingerprint density at radius 3 is 1.46 bits per heavy atom. The third-order valence-electron chi connectivity index (χ3n) is 13.2. The van der Waals surface area contributed by atoms with Gasteiger partial charge < -0.3 is 63.6 Å². The number of ether oxygens (including phenoxy) is 5. The predicted molar refractivity (Wildman–Crippen MR) is 261 cm³/mol. The average Bonchev–Trinajstić information content (AvgIpc) is 3.31. The molecule has 372 valence electrons. The van der Waals surface area contributed by atoms with Gasteiger partial charge in [0.25, 0.3) is 0 Å². The molecule has 0 saturated carbocycles. The summed E-state index contributed by atoms with van der Waals surface area (Å²) in [5.74, 6) is 0.375. The van der Waals surface area contributed by atoms with Crippen LogP contribution in [0.2, 0.25) is 0 Å². The molecule has 2 fully saturated rings. The van der Waals surface area contributed by atoms with Crippen LogP contribution in [0.25, 0.3) is 33.1 Å². The van der Waals surface area contributed by atoms with Gasteiger partial charge in [-0.3, -0.25) is 9.59 Å². The molecule has 2 aromatic heterocycles. The fourth-order valence-electron chi connectivity index (χ4n) is 8.43. The molecule has 17 nitrogen and oxygen atoms in total. The first-order valence-corrected chi connectivity index (χ1v) is 22.9. The van der Waals surface area contributed by atoms with Crippen molar-refractivity contribution in [2.24, 2.45) is 11.8 Å². The van der Waals surface area contributed by atoms with E-state index in [-0.39, 0.29) is 35.0 Å². The molecular weight excluding hydrogens is 905 g/mol. The van der Waals surface area contributed by atoms with Gasteiger partial charge in [0.1, 0.15) is 58.6 Å². The smallest absolute Gasteiger partial charge is 0.360 e. The number of nitrogens with one attached hydrogen (secondary N) is 2. The first-order valence-electron chi connectivity index (χ1n) is 22.9. The zero-order valence-electron chi connectivity index (χ0n) is 40.7. The highest BCUT2D eigenvalue weighted by molar-refractivity contribution is 5.93. The number of carbonyl (C=O) groups is 2. The maximum Gasteiger partial charge on any atom is 0.360 e. The van der Waals surface area contributed by atoms with Crippen LogP contribution in [0.5, 0.6) is 17.2 Å². The van der Waals surface area contributed by atoms with E-state index in [1.807, 2.05) is 45.9 Å². The Morgan fingerprint density at radius 1 is 0.600 bits per heavy atom. The van der Waals surface area contributed by atoms with Crippen molar-refractivity contribution < 1.29 is 62.5 Å². The minimum absolute atomic E-state index is 0.0537. The fourth-order valence-corrected chi connectivity index (χ4v) is 8.43. The van der Waals surface area contributed by atoms with Crippen molar-refractivity contribution in [1.29, 1.82) is 0 Å². The molecule has 0 bridgehead atoms. The van der Waals surface area contributed by atoms with Crippen LogP contribution in [0, 0.1) is 25.7 Å². The average molecular weight is 965 g/mol. The molecule has 3 aliphatic heterocycles. The predicted octanol–water partition coefficient (Wildman–Crippen LogP) is 7.11. The number of amides is 2. The summed E-state index contributed by atoms with van der Waals surface area (Å²) in [6.07, 6.45) is -6.63. The summed E-state index contributed by atoms with van der Waals surface area (Å²) in [6, 6.07) is 26.3. The maximum atomic E-state index is 12.1. The van der Waals surface area contributed by atoms with Crippen molar-refractivity contribution in [2.75, 3.05) is 10.6 Å². The summed E-state index contributed by atoms with van der Waals surface area (Å²) in [7, 11) is 0. The molecule has 70 heavy (non-hydrogen) atoms. The van der Waals surface area contributed by atoms with E-state index in [1.165, 1.54) is 42.7 Å². The van der Waals surface area contributed by atoms with Crippen molar-refractivity contribution >= 4 is 45.1 Å². The second-order valence-electron chi connectivity index (χ2n) is 18.9. The highest BCUT2D eigenvalue weighted by Crippen LogP contribution is 2.39. The first-order chi connectivity index (χ1) is 33.0. The van der Waals surface area contributed by atoms with E-state index < -0.39 is 59.4 Å². The molecule has 9 rings (SSSR count). The molecule has 8 atom stereocenters. The molecule has 2 unspecified atom stereocenters. The minimum Gasteiger partial charge on any atom is -0.488 e. The Labute approximate surface area is 403 Å². The zero-order valence-corrected chi connectivity index (χ0v) is 40.7. The van der Waals surface area contributed by atoms with E-state index in [4.69, 9.17) is 32.5 Å². The number of anilines is 2. The molecule has 2 saturated heterocycles. The van der Waals surface area contributed by atoms with Crippen molar-refractivity contribution in [1.82, 2.24) is 0 Å². The maximum absolute atomic E-state index is 12.1. The number of aliphatic hydroxyl groups is 4. The van der Waals surface area contributed by atoms with Gasteiger partial charge in [-0.15, -0.1) is 0 Å². The van der Waals surface area contributed by atoms with E-state index in [0.717, 1.165) is 5.75 Å². The standard InChI is InChI=1S/2C20H25NO7.C13H10O/c2*1-9-14(26-19-16(24)15(23)10(2)20(4,5)28-19)7-6-12-8-13(21-11(3)22)18(25)27-17(9)12;1-2-6-11-10(5-1)9-14-13-8-4-3-7-12(11)13/h2*6-8,10,15-16,19,23-24H,1-5H3,(H,21,22);1-8H,9H2/t2*10-,15+,16+,19?;/m11./s1. The van der Waals surface area contributed by atoms with Crippen molar-refractivity contribution in [3.8, 4) is 28.4 Å². The number of aryl methyl sites for hydroxylation is 2. The molecule has 4 aromatic carbocycles. The van der Waals surface area contributed by atoms with Crippen LogP contribution in [0.3, 0.4) is 0 Å². The Kier molecular flexibility index (Phi) is 14.9. The van der Waals surface area contributed by atoms with Gasteiger partial charge in [-0.05, 0) is 95.1 Å². The van der Waals surface area contributed by atoms with Crippen LogP contribution < -0.4 is 36.1 Å². The van der Waals surface area contributed by atoms with Gasteiger partial charge in [0.05, 0.1) is 23.4 Å². The van der Waals surface area contributed by atoms with E-state index in [1.54, 1.807) is 52.0 Å².